The molecule has 1 heteroatoms. The van der Waals surface area contributed by atoms with Crippen molar-refractivity contribution in [2.75, 3.05) is 6.54 Å². The maximum atomic E-state index is 3.73. The number of hydrogen-bond donors (Lipinski definition) is 1. The monoisotopic (exact) mass is 295 g/mol. The maximum absolute atomic E-state index is 3.73. The van der Waals surface area contributed by atoms with E-state index in [1.54, 1.807) is 0 Å². The molecule has 1 aliphatic carbocycles. The van der Waals surface area contributed by atoms with E-state index in [0.717, 1.165) is 18.5 Å². The molecule has 0 bridgehead atoms. The second kappa shape index (κ2) is 13.6. The first-order valence-electron chi connectivity index (χ1n) is 10.1. The minimum Gasteiger partial charge on any atom is -0.314 e. The molecular weight excluding hydrogens is 254 g/mol. The summed E-state index contributed by atoms with van der Waals surface area (Å²) in [6, 6.07) is 0.802. The van der Waals surface area contributed by atoms with E-state index >= 15 is 0 Å². The van der Waals surface area contributed by atoms with Crippen LogP contribution in [0.4, 0.5) is 0 Å². The predicted molar refractivity (Wildman–Crippen MR) is 95.9 cm³/mol. The molecular formula is C20H41N. The summed E-state index contributed by atoms with van der Waals surface area (Å²) < 4.78 is 0. The van der Waals surface area contributed by atoms with Gasteiger partial charge in [0.25, 0.3) is 0 Å². The Labute approximate surface area is 134 Å². The first-order valence-corrected chi connectivity index (χ1v) is 10.1. The van der Waals surface area contributed by atoms with E-state index in [1.165, 1.54) is 96.3 Å². The molecule has 1 rings (SSSR count). The van der Waals surface area contributed by atoms with E-state index < -0.39 is 0 Å². The van der Waals surface area contributed by atoms with Crippen molar-refractivity contribution in [1.82, 2.24) is 5.32 Å². The van der Waals surface area contributed by atoms with Gasteiger partial charge < -0.3 is 5.32 Å². The molecule has 0 aliphatic heterocycles. The van der Waals surface area contributed by atoms with Crippen LogP contribution >= 0.6 is 0 Å². The molecule has 0 heterocycles. The number of nitrogens with one attached hydrogen (secondary N) is 1. The average Bonchev–Trinajstić information content (AvgIpc) is 3.00. The minimum atomic E-state index is 0.802. The summed E-state index contributed by atoms with van der Waals surface area (Å²) in [5, 5.41) is 3.73. The fourth-order valence-corrected chi connectivity index (χ4v) is 3.90. The highest BCUT2D eigenvalue weighted by Gasteiger charge is 2.16. The third-order valence-electron chi connectivity index (χ3n) is 5.30. The van der Waals surface area contributed by atoms with Crippen LogP contribution in [-0.4, -0.2) is 12.6 Å². The van der Waals surface area contributed by atoms with Crippen LogP contribution in [0.1, 0.15) is 110 Å². The lowest BCUT2D eigenvalue weighted by molar-refractivity contribution is 0.383. The van der Waals surface area contributed by atoms with Gasteiger partial charge in [0.1, 0.15) is 0 Å². The fourth-order valence-electron chi connectivity index (χ4n) is 3.90. The van der Waals surface area contributed by atoms with Gasteiger partial charge in [-0.25, -0.2) is 0 Å². The summed E-state index contributed by atoms with van der Waals surface area (Å²) in [6.45, 7) is 5.70. The molecule has 0 aromatic heterocycles. The summed E-state index contributed by atoms with van der Waals surface area (Å²) in [6.07, 6.45) is 21.9. The van der Waals surface area contributed by atoms with Gasteiger partial charge in [0, 0.05) is 6.04 Å². The van der Waals surface area contributed by atoms with Crippen molar-refractivity contribution in [1.29, 1.82) is 0 Å². The van der Waals surface area contributed by atoms with E-state index in [1.807, 2.05) is 0 Å². The van der Waals surface area contributed by atoms with E-state index in [0.29, 0.717) is 0 Å². The van der Waals surface area contributed by atoms with E-state index in [4.69, 9.17) is 0 Å². The highest BCUT2D eigenvalue weighted by Crippen LogP contribution is 2.29. The molecule has 0 saturated heterocycles. The molecule has 0 aromatic rings. The summed E-state index contributed by atoms with van der Waals surface area (Å²) in [5.74, 6) is 1.06. The Morgan fingerprint density at radius 2 is 1.43 bits per heavy atom. The van der Waals surface area contributed by atoms with Crippen molar-refractivity contribution in [3.63, 3.8) is 0 Å². The van der Waals surface area contributed by atoms with Crippen LogP contribution in [0.2, 0.25) is 0 Å². The van der Waals surface area contributed by atoms with Crippen LogP contribution in [0.15, 0.2) is 0 Å². The molecule has 0 spiro atoms. The van der Waals surface area contributed by atoms with Gasteiger partial charge in [-0.15, -0.1) is 0 Å². The third-order valence-corrected chi connectivity index (χ3v) is 5.30. The van der Waals surface area contributed by atoms with E-state index in [9.17, 15) is 0 Å². The topological polar surface area (TPSA) is 12.0 Å². The molecule has 0 amide bonds. The van der Waals surface area contributed by atoms with E-state index in [-0.39, 0.29) is 0 Å². The Morgan fingerprint density at radius 1 is 0.810 bits per heavy atom. The Bertz CT molecular complexity index is 208. The second-order valence-electron chi connectivity index (χ2n) is 7.25. The molecule has 1 fully saturated rings. The SMILES string of the molecule is CCCCCCCCCCC(CCC1CCCC1)NCC. The third kappa shape index (κ3) is 10.3. The second-order valence-corrected chi connectivity index (χ2v) is 7.25. The normalized spacial score (nSPS) is 17.4. The highest BCUT2D eigenvalue weighted by molar-refractivity contribution is 4.72. The van der Waals surface area contributed by atoms with Gasteiger partial charge in [0.05, 0.1) is 0 Å². The largest absolute Gasteiger partial charge is 0.314 e. The Kier molecular flexibility index (Phi) is 12.3. The van der Waals surface area contributed by atoms with Gasteiger partial charge in [0.15, 0.2) is 0 Å². The summed E-state index contributed by atoms with van der Waals surface area (Å²) in [4.78, 5) is 0. The van der Waals surface area contributed by atoms with Crippen molar-refractivity contribution < 1.29 is 0 Å². The van der Waals surface area contributed by atoms with Crippen molar-refractivity contribution in [3.8, 4) is 0 Å². The van der Waals surface area contributed by atoms with Gasteiger partial charge in [-0.1, -0.05) is 90.9 Å². The van der Waals surface area contributed by atoms with Crippen LogP contribution in [0.3, 0.4) is 0 Å². The summed E-state index contributed by atoms with van der Waals surface area (Å²) in [5.41, 5.74) is 0. The molecule has 0 radical (unpaired) electrons. The van der Waals surface area contributed by atoms with Crippen molar-refractivity contribution in [3.05, 3.63) is 0 Å². The molecule has 1 N–H and O–H groups in total. The summed E-state index contributed by atoms with van der Waals surface area (Å²) >= 11 is 0. The Hall–Kier alpha value is -0.0400. The van der Waals surface area contributed by atoms with Crippen molar-refractivity contribution in [2.24, 2.45) is 5.92 Å². The van der Waals surface area contributed by atoms with Gasteiger partial charge in [-0.2, -0.15) is 0 Å². The molecule has 1 atom stereocenters. The smallest absolute Gasteiger partial charge is 0.00670 e. The molecule has 21 heavy (non-hydrogen) atoms. The Morgan fingerprint density at radius 3 is 2.05 bits per heavy atom. The summed E-state index contributed by atoms with van der Waals surface area (Å²) in [7, 11) is 0. The van der Waals surface area contributed by atoms with Gasteiger partial charge in [-0.05, 0) is 31.7 Å². The molecule has 1 nitrogen and oxygen atoms in total. The molecule has 126 valence electrons. The van der Waals surface area contributed by atoms with Crippen LogP contribution in [-0.2, 0) is 0 Å². The lowest BCUT2D eigenvalue weighted by Gasteiger charge is -2.19. The van der Waals surface area contributed by atoms with Crippen molar-refractivity contribution in [2.45, 2.75) is 116 Å². The van der Waals surface area contributed by atoms with Gasteiger partial charge >= 0.3 is 0 Å². The quantitative estimate of drug-likeness (QED) is 0.362. The fraction of sp³-hybridized carbons (Fsp3) is 1.00. The first-order chi connectivity index (χ1) is 10.4. The molecule has 1 saturated carbocycles. The number of rotatable bonds is 14. The zero-order valence-corrected chi connectivity index (χ0v) is 15.0. The lowest BCUT2D eigenvalue weighted by atomic mass is 9.95. The highest BCUT2D eigenvalue weighted by atomic mass is 14.9. The standard InChI is InChI=1S/C20H41N/c1-3-5-6-7-8-9-10-11-16-20(21-4-2)18-17-19-14-12-13-15-19/h19-21H,3-18H2,1-2H3. The Balaban J connectivity index is 1.96. The molecule has 0 aromatic carbocycles. The number of unbranched alkanes of at least 4 members (excludes halogenated alkanes) is 7. The first kappa shape index (κ1) is 19.0. The van der Waals surface area contributed by atoms with Gasteiger partial charge in [-0.3, -0.25) is 0 Å². The molecule has 1 aliphatic rings. The number of hydrogen-bond acceptors (Lipinski definition) is 1. The van der Waals surface area contributed by atoms with Crippen LogP contribution in [0.5, 0.6) is 0 Å². The van der Waals surface area contributed by atoms with Crippen LogP contribution in [0, 0.1) is 5.92 Å². The van der Waals surface area contributed by atoms with Crippen molar-refractivity contribution >= 4 is 0 Å². The predicted octanol–water partition coefficient (Wildman–Crippen LogP) is 6.47. The maximum Gasteiger partial charge on any atom is 0.00670 e. The average molecular weight is 296 g/mol. The minimum absolute atomic E-state index is 0.802. The van der Waals surface area contributed by atoms with Gasteiger partial charge in [0.2, 0.25) is 0 Å². The van der Waals surface area contributed by atoms with E-state index in [2.05, 4.69) is 19.2 Å². The van der Waals surface area contributed by atoms with Crippen LogP contribution < -0.4 is 5.32 Å². The zero-order valence-electron chi connectivity index (χ0n) is 15.0. The lowest BCUT2D eigenvalue weighted by Crippen LogP contribution is -2.29. The zero-order chi connectivity index (χ0) is 15.2. The molecule has 1 unspecified atom stereocenters. The van der Waals surface area contributed by atoms with Crippen LogP contribution in [0.25, 0.3) is 0 Å².